The second-order valence-electron chi connectivity index (χ2n) is 6.95. The number of Topliss-reactive ketones (excluding diaryl/α,β-unsaturated/α-hetero) is 1. The van der Waals surface area contributed by atoms with E-state index in [1.807, 2.05) is 18.2 Å². The van der Waals surface area contributed by atoms with Gasteiger partial charge < -0.3 is 5.11 Å². The Kier molecular flexibility index (Phi) is 5.63. The molecule has 3 aromatic rings. The van der Waals surface area contributed by atoms with Crippen LogP contribution in [-0.2, 0) is 0 Å². The van der Waals surface area contributed by atoms with Crippen LogP contribution >= 0.6 is 11.6 Å². The Labute approximate surface area is 163 Å². The monoisotopic (exact) mass is 381 g/mol. The van der Waals surface area contributed by atoms with E-state index in [2.05, 4.69) is 15.0 Å². The average molecular weight is 382 g/mol. The standard InChI is InChI=1S/C21H20ClN3O2/c1-21(2,27)10-9-19(26)18-12-17(14-5-7-16(22)8-6-14)24-20(25-18)15-4-3-11-23-13-15/h3-8,11-13,27H,9-10H2,1-2H3. The fraction of sp³-hybridized carbons (Fsp3) is 0.238. The van der Waals surface area contributed by atoms with Crippen molar-refractivity contribution < 1.29 is 9.90 Å². The van der Waals surface area contributed by atoms with Crippen molar-refractivity contribution >= 4 is 17.4 Å². The fourth-order valence-electron chi connectivity index (χ4n) is 2.53. The summed E-state index contributed by atoms with van der Waals surface area (Å²) in [7, 11) is 0. The molecule has 0 unspecified atom stereocenters. The third-order valence-corrected chi connectivity index (χ3v) is 4.29. The van der Waals surface area contributed by atoms with Gasteiger partial charge in [-0.3, -0.25) is 9.78 Å². The Morgan fingerprint density at radius 2 is 1.85 bits per heavy atom. The molecule has 0 saturated heterocycles. The molecule has 1 aromatic carbocycles. The highest BCUT2D eigenvalue weighted by Crippen LogP contribution is 2.24. The smallest absolute Gasteiger partial charge is 0.181 e. The van der Waals surface area contributed by atoms with E-state index in [0.717, 1.165) is 11.1 Å². The molecule has 0 aliphatic carbocycles. The summed E-state index contributed by atoms with van der Waals surface area (Å²) >= 11 is 5.97. The first-order valence-electron chi connectivity index (χ1n) is 8.63. The van der Waals surface area contributed by atoms with E-state index in [1.54, 1.807) is 50.5 Å². The number of benzene rings is 1. The van der Waals surface area contributed by atoms with E-state index in [-0.39, 0.29) is 12.2 Å². The molecule has 0 aliphatic rings. The van der Waals surface area contributed by atoms with Crippen molar-refractivity contribution in [3.8, 4) is 22.6 Å². The summed E-state index contributed by atoms with van der Waals surface area (Å²) in [6, 6.07) is 12.6. The molecule has 0 atom stereocenters. The van der Waals surface area contributed by atoms with Gasteiger partial charge in [-0.15, -0.1) is 0 Å². The van der Waals surface area contributed by atoms with E-state index in [4.69, 9.17) is 11.6 Å². The van der Waals surface area contributed by atoms with Crippen LogP contribution in [0.5, 0.6) is 0 Å². The van der Waals surface area contributed by atoms with Crippen molar-refractivity contribution in [2.45, 2.75) is 32.3 Å². The molecule has 6 heteroatoms. The van der Waals surface area contributed by atoms with Crippen LogP contribution in [-0.4, -0.2) is 31.4 Å². The van der Waals surface area contributed by atoms with Crippen LogP contribution in [0, 0.1) is 0 Å². The summed E-state index contributed by atoms with van der Waals surface area (Å²) in [6.07, 6.45) is 3.88. The zero-order valence-corrected chi connectivity index (χ0v) is 15.9. The van der Waals surface area contributed by atoms with Gasteiger partial charge in [-0.05, 0) is 50.6 Å². The van der Waals surface area contributed by atoms with E-state index >= 15 is 0 Å². The van der Waals surface area contributed by atoms with Crippen LogP contribution in [0.4, 0.5) is 0 Å². The Bertz CT molecular complexity index is 936. The first-order chi connectivity index (χ1) is 12.8. The number of aromatic nitrogens is 3. The summed E-state index contributed by atoms with van der Waals surface area (Å²) < 4.78 is 0. The predicted molar refractivity (Wildman–Crippen MR) is 106 cm³/mol. The minimum absolute atomic E-state index is 0.139. The van der Waals surface area contributed by atoms with Crippen LogP contribution in [0.3, 0.4) is 0 Å². The van der Waals surface area contributed by atoms with Crippen LogP contribution in [0.1, 0.15) is 37.2 Å². The fourth-order valence-corrected chi connectivity index (χ4v) is 2.66. The Balaban J connectivity index is 2.03. The molecular formula is C21H20ClN3O2. The van der Waals surface area contributed by atoms with Crippen LogP contribution in [0.2, 0.25) is 5.02 Å². The molecule has 2 aromatic heterocycles. The zero-order valence-electron chi connectivity index (χ0n) is 15.2. The molecule has 3 rings (SSSR count). The number of halogens is 1. The SMILES string of the molecule is CC(C)(O)CCC(=O)c1cc(-c2ccc(Cl)cc2)nc(-c2cccnc2)n1. The van der Waals surface area contributed by atoms with Gasteiger partial charge in [-0.2, -0.15) is 0 Å². The van der Waals surface area contributed by atoms with Gasteiger partial charge in [0, 0.05) is 35.0 Å². The summed E-state index contributed by atoms with van der Waals surface area (Å²) in [4.78, 5) is 25.8. The lowest BCUT2D eigenvalue weighted by molar-refractivity contribution is 0.0631. The van der Waals surface area contributed by atoms with Gasteiger partial charge in [0.2, 0.25) is 0 Å². The Hall–Kier alpha value is -2.63. The Morgan fingerprint density at radius 1 is 1.11 bits per heavy atom. The normalized spacial score (nSPS) is 11.4. The molecule has 0 amide bonds. The summed E-state index contributed by atoms with van der Waals surface area (Å²) in [5.74, 6) is 0.294. The number of hydrogen-bond acceptors (Lipinski definition) is 5. The lowest BCUT2D eigenvalue weighted by atomic mass is 9.99. The van der Waals surface area contributed by atoms with Crippen molar-refractivity contribution in [2.24, 2.45) is 0 Å². The summed E-state index contributed by atoms with van der Waals surface area (Å²) in [5, 5.41) is 10.5. The molecule has 27 heavy (non-hydrogen) atoms. The third-order valence-electron chi connectivity index (χ3n) is 4.04. The first kappa shape index (κ1) is 19.1. The topological polar surface area (TPSA) is 76.0 Å². The number of ketones is 1. The maximum Gasteiger partial charge on any atom is 0.181 e. The molecular weight excluding hydrogens is 362 g/mol. The molecule has 0 aliphatic heterocycles. The molecule has 0 radical (unpaired) electrons. The summed E-state index contributed by atoms with van der Waals surface area (Å²) in [5.41, 5.74) is 1.60. The van der Waals surface area contributed by atoms with Crippen molar-refractivity contribution in [3.63, 3.8) is 0 Å². The second kappa shape index (κ2) is 7.94. The van der Waals surface area contributed by atoms with Gasteiger partial charge in [0.05, 0.1) is 11.3 Å². The second-order valence-corrected chi connectivity index (χ2v) is 7.38. The zero-order chi connectivity index (χ0) is 19.4. The minimum Gasteiger partial charge on any atom is -0.390 e. The van der Waals surface area contributed by atoms with E-state index < -0.39 is 5.60 Å². The van der Waals surface area contributed by atoms with Crippen molar-refractivity contribution in [1.29, 1.82) is 0 Å². The van der Waals surface area contributed by atoms with E-state index in [9.17, 15) is 9.90 Å². The highest BCUT2D eigenvalue weighted by Gasteiger charge is 2.18. The van der Waals surface area contributed by atoms with Gasteiger partial charge in [-0.1, -0.05) is 23.7 Å². The van der Waals surface area contributed by atoms with Gasteiger partial charge in [0.1, 0.15) is 5.69 Å². The number of carbonyl (C=O) groups is 1. The number of aliphatic hydroxyl groups is 1. The van der Waals surface area contributed by atoms with Gasteiger partial charge in [0.25, 0.3) is 0 Å². The van der Waals surface area contributed by atoms with Gasteiger partial charge in [-0.25, -0.2) is 9.97 Å². The Morgan fingerprint density at radius 3 is 2.48 bits per heavy atom. The number of nitrogens with zero attached hydrogens (tertiary/aromatic N) is 3. The highest BCUT2D eigenvalue weighted by atomic mass is 35.5. The molecule has 138 valence electrons. The molecule has 0 saturated carbocycles. The van der Waals surface area contributed by atoms with Crippen molar-refractivity contribution in [2.75, 3.05) is 0 Å². The molecule has 5 nitrogen and oxygen atoms in total. The lowest BCUT2D eigenvalue weighted by Crippen LogP contribution is -2.20. The summed E-state index contributed by atoms with van der Waals surface area (Å²) in [6.45, 7) is 3.36. The number of hydrogen-bond donors (Lipinski definition) is 1. The van der Waals surface area contributed by atoms with Crippen molar-refractivity contribution in [1.82, 2.24) is 15.0 Å². The van der Waals surface area contributed by atoms with E-state index in [1.165, 1.54) is 0 Å². The number of carbonyl (C=O) groups excluding carboxylic acids is 1. The van der Waals surface area contributed by atoms with Gasteiger partial charge in [0.15, 0.2) is 11.6 Å². The number of pyridine rings is 1. The van der Waals surface area contributed by atoms with Crippen molar-refractivity contribution in [3.05, 3.63) is 65.6 Å². The minimum atomic E-state index is -0.909. The molecule has 1 N–H and O–H groups in total. The predicted octanol–water partition coefficient (Wildman–Crippen LogP) is 4.59. The average Bonchev–Trinajstić information content (AvgIpc) is 2.66. The third kappa shape index (κ3) is 5.18. The van der Waals surface area contributed by atoms with Crippen LogP contribution in [0.25, 0.3) is 22.6 Å². The molecule has 0 fully saturated rings. The quantitative estimate of drug-likeness (QED) is 0.632. The maximum absolute atomic E-state index is 12.7. The van der Waals surface area contributed by atoms with E-state index in [0.29, 0.717) is 28.7 Å². The van der Waals surface area contributed by atoms with Crippen LogP contribution in [0.15, 0.2) is 54.9 Å². The molecule has 0 bridgehead atoms. The molecule has 2 heterocycles. The molecule has 0 spiro atoms. The maximum atomic E-state index is 12.7. The largest absolute Gasteiger partial charge is 0.390 e. The lowest BCUT2D eigenvalue weighted by Gasteiger charge is -2.16. The van der Waals surface area contributed by atoms with Gasteiger partial charge >= 0.3 is 0 Å². The first-order valence-corrected chi connectivity index (χ1v) is 9.01. The van der Waals surface area contributed by atoms with Crippen LogP contribution < -0.4 is 0 Å². The highest BCUT2D eigenvalue weighted by molar-refractivity contribution is 6.30. The number of rotatable bonds is 6.